The van der Waals surface area contributed by atoms with Gasteiger partial charge in [-0.05, 0) is 28.8 Å². The van der Waals surface area contributed by atoms with Crippen LogP contribution < -0.4 is 0 Å². The lowest BCUT2D eigenvalue weighted by molar-refractivity contribution is 1.66. The Labute approximate surface area is 111 Å². The van der Waals surface area contributed by atoms with E-state index in [1.165, 1.54) is 15.3 Å². The van der Waals surface area contributed by atoms with Crippen molar-refractivity contribution in [2.75, 3.05) is 6.26 Å². The van der Waals surface area contributed by atoms with Crippen molar-refractivity contribution in [2.45, 2.75) is 4.21 Å². The van der Waals surface area contributed by atoms with E-state index in [0.717, 1.165) is 0 Å². The molecule has 0 aliphatic rings. The molecule has 0 atom stereocenters. The summed E-state index contributed by atoms with van der Waals surface area (Å²) in [7, 11) is 0. The zero-order chi connectivity index (χ0) is 11.9. The SMILES string of the molecule is CSc1cc(/C=C/C=C/c2ccccc2)cs1. The Morgan fingerprint density at radius 2 is 1.71 bits per heavy atom. The Morgan fingerprint density at radius 1 is 1.00 bits per heavy atom. The van der Waals surface area contributed by atoms with Crippen LogP contribution in [0.15, 0.2) is 58.1 Å². The molecule has 1 aromatic heterocycles. The fourth-order valence-electron chi connectivity index (χ4n) is 1.42. The van der Waals surface area contributed by atoms with Gasteiger partial charge in [-0.15, -0.1) is 23.1 Å². The monoisotopic (exact) mass is 258 g/mol. The van der Waals surface area contributed by atoms with Crippen molar-refractivity contribution in [1.29, 1.82) is 0 Å². The number of hydrogen-bond acceptors (Lipinski definition) is 2. The van der Waals surface area contributed by atoms with Gasteiger partial charge in [0.1, 0.15) is 0 Å². The fourth-order valence-corrected chi connectivity index (χ4v) is 2.81. The Bertz CT molecular complexity index is 507. The van der Waals surface area contributed by atoms with Crippen molar-refractivity contribution in [2.24, 2.45) is 0 Å². The highest BCUT2D eigenvalue weighted by molar-refractivity contribution is 8.00. The second-order valence-electron chi connectivity index (χ2n) is 3.53. The molecule has 0 unspecified atom stereocenters. The zero-order valence-electron chi connectivity index (χ0n) is 9.67. The molecule has 17 heavy (non-hydrogen) atoms. The lowest BCUT2D eigenvalue weighted by atomic mass is 10.2. The Morgan fingerprint density at radius 3 is 2.35 bits per heavy atom. The molecule has 0 nitrogen and oxygen atoms in total. The summed E-state index contributed by atoms with van der Waals surface area (Å²) in [5, 5.41) is 2.18. The fraction of sp³-hybridized carbons (Fsp3) is 0.0667. The second kappa shape index (κ2) is 6.48. The van der Waals surface area contributed by atoms with Crippen LogP contribution in [0.25, 0.3) is 12.2 Å². The molecule has 0 spiro atoms. The minimum atomic E-state index is 1.23. The highest BCUT2D eigenvalue weighted by Crippen LogP contribution is 2.24. The maximum Gasteiger partial charge on any atom is 0.0601 e. The van der Waals surface area contributed by atoms with E-state index in [-0.39, 0.29) is 0 Å². The number of allylic oxidation sites excluding steroid dienone is 2. The van der Waals surface area contributed by atoms with Crippen LogP contribution in [-0.4, -0.2) is 6.26 Å². The first-order valence-electron chi connectivity index (χ1n) is 5.41. The van der Waals surface area contributed by atoms with Crippen LogP contribution in [0, 0.1) is 0 Å². The molecule has 1 heterocycles. The first-order chi connectivity index (χ1) is 8.38. The van der Waals surface area contributed by atoms with Gasteiger partial charge in [0, 0.05) is 0 Å². The lowest BCUT2D eigenvalue weighted by Gasteiger charge is -1.88. The molecule has 2 rings (SSSR count). The number of thioether (sulfide) groups is 1. The molecule has 0 aliphatic carbocycles. The van der Waals surface area contributed by atoms with Gasteiger partial charge in [-0.3, -0.25) is 0 Å². The minimum Gasteiger partial charge on any atom is -0.137 e. The van der Waals surface area contributed by atoms with Gasteiger partial charge in [-0.25, -0.2) is 0 Å². The predicted molar refractivity (Wildman–Crippen MR) is 80.6 cm³/mol. The average molecular weight is 258 g/mol. The first kappa shape index (κ1) is 12.2. The molecule has 0 amide bonds. The molecule has 0 saturated carbocycles. The summed E-state index contributed by atoms with van der Waals surface area (Å²) in [6.07, 6.45) is 10.5. The van der Waals surface area contributed by atoms with Crippen molar-refractivity contribution in [3.05, 3.63) is 65.1 Å². The van der Waals surface area contributed by atoms with Gasteiger partial charge in [-0.1, -0.05) is 54.6 Å². The molecule has 86 valence electrons. The van der Waals surface area contributed by atoms with Crippen LogP contribution in [0.5, 0.6) is 0 Å². The van der Waals surface area contributed by atoms with Crippen molar-refractivity contribution in [3.8, 4) is 0 Å². The molecule has 0 fully saturated rings. The smallest absolute Gasteiger partial charge is 0.0601 e. The summed E-state index contributed by atoms with van der Waals surface area (Å²) in [5.41, 5.74) is 2.50. The number of benzene rings is 1. The van der Waals surface area contributed by atoms with E-state index in [9.17, 15) is 0 Å². The molecule has 0 bridgehead atoms. The van der Waals surface area contributed by atoms with Gasteiger partial charge >= 0.3 is 0 Å². The van der Waals surface area contributed by atoms with Gasteiger partial charge in [0.2, 0.25) is 0 Å². The van der Waals surface area contributed by atoms with E-state index in [1.54, 1.807) is 23.1 Å². The van der Waals surface area contributed by atoms with Gasteiger partial charge in [0.15, 0.2) is 0 Å². The molecule has 0 saturated heterocycles. The van der Waals surface area contributed by atoms with E-state index < -0.39 is 0 Å². The van der Waals surface area contributed by atoms with E-state index in [1.807, 2.05) is 18.2 Å². The molecule has 0 radical (unpaired) electrons. The standard InChI is InChI=1S/C15H14S2/c1-16-15-11-14(12-17-15)10-6-5-9-13-7-3-2-4-8-13/h2-12H,1H3/b9-5+,10-6+. The van der Waals surface area contributed by atoms with Crippen molar-refractivity contribution >= 4 is 35.3 Å². The minimum absolute atomic E-state index is 1.23. The van der Waals surface area contributed by atoms with Crippen LogP contribution in [0.2, 0.25) is 0 Å². The van der Waals surface area contributed by atoms with E-state index >= 15 is 0 Å². The topological polar surface area (TPSA) is 0 Å². The molecule has 0 N–H and O–H groups in total. The summed E-state index contributed by atoms with van der Waals surface area (Å²) >= 11 is 3.58. The molecule has 1 aromatic carbocycles. The van der Waals surface area contributed by atoms with Crippen molar-refractivity contribution in [1.82, 2.24) is 0 Å². The number of rotatable bonds is 4. The van der Waals surface area contributed by atoms with Gasteiger partial charge in [-0.2, -0.15) is 0 Å². The summed E-state index contributed by atoms with van der Waals surface area (Å²) in [4.78, 5) is 0. The maximum absolute atomic E-state index is 2.21. The van der Waals surface area contributed by atoms with E-state index in [2.05, 4.69) is 54.1 Å². The number of thiophene rings is 1. The van der Waals surface area contributed by atoms with E-state index in [0.29, 0.717) is 0 Å². The first-order valence-corrected chi connectivity index (χ1v) is 7.51. The van der Waals surface area contributed by atoms with Gasteiger partial charge in [0.25, 0.3) is 0 Å². The predicted octanol–water partition coefficient (Wildman–Crippen LogP) is 5.20. The largest absolute Gasteiger partial charge is 0.137 e. The van der Waals surface area contributed by atoms with Crippen LogP contribution in [0.3, 0.4) is 0 Å². The normalized spacial score (nSPS) is 11.6. The van der Waals surface area contributed by atoms with Gasteiger partial charge < -0.3 is 0 Å². The Kier molecular flexibility index (Phi) is 4.65. The third kappa shape index (κ3) is 3.91. The molecular formula is C15H14S2. The molecular weight excluding hydrogens is 244 g/mol. The van der Waals surface area contributed by atoms with Gasteiger partial charge in [0.05, 0.1) is 4.21 Å². The second-order valence-corrected chi connectivity index (χ2v) is 5.55. The van der Waals surface area contributed by atoms with Crippen LogP contribution in [0.1, 0.15) is 11.1 Å². The van der Waals surface area contributed by atoms with E-state index in [4.69, 9.17) is 0 Å². The molecule has 2 heteroatoms. The Balaban J connectivity index is 1.95. The quantitative estimate of drug-likeness (QED) is 0.537. The summed E-state index contributed by atoms with van der Waals surface area (Å²) < 4.78 is 1.36. The van der Waals surface area contributed by atoms with Crippen LogP contribution in [0.4, 0.5) is 0 Å². The average Bonchev–Trinajstić information content (AvgIpc) is 2.84. The third-order valence-corrected chi connectivity index (χ3v) is 4.33. The molecule has 2 aromatic rings. The lowest BCUT2D eigenvalue weighted by Crippen LogP contribution is -1.66. The number of hydrogen-bond donors (Lipinski definition) is 0. The van der Waals surface area contributed by atoms with Crippen molar-refractivity contribution < 1.29 is 0 Å². The zero-order valence-corrected chi connectivity index (χ0v) is 11.3. The highest BCUT2D eigenvalue weighted by atomic mass is 32.2. The van der Waals surface area contributed by atoms with Crippen LogP contribution in [-0.2, 0) is 0 Å². The Hall–Kier alpha value is -1.25. The summed E-state index contributed by atoms with van der Waals surface area (Å²) in [5.74, 6) is 0. The molecule has 0 aliphatic heterocycles. The maximum atomic E-state index is 2.21. The summed E-state index contributed by atoms with van der Waals surface area (Å²) in [6.45, 7) is 0. The van der Waals surface area contributed by atoms with Crippen LogP contribution >= 0.6 is 23.1 Å². The highest BCUT2D eigenvalue weighted by Gasteiger charge is 1.93. The summed E-state index contributed by atoms with van der Waals surface area (Å²) in [6, 6.07) is 12.5. The third-order valence-electron chi connectivity index (χ3n) is 2.28. The van der Waals surface area contributed by atoms with Crippen molar-refractivity contribution in [3.63, 3.8) is 0 Å².